The van der Waals surface area contributed by atoms with E-state index in [9.17, 15) is 4.79 Å². The van der Waals surface area contributed by atoms with Crippen molar-refractivity contribution in [3.8, 4) is 0 Å². The Kier molecular flexibility index (Phi) is 6.09. The van der Waals surface area contributed by atoms with Crippen molar-refractivity contribution in [3.63, 3.8) is 0 Å². The maximum atomic E-state index is 12.2. The molecule has 0 aliphatic carbocycles. The molecule has 1 fully saturated rings. The molecule has 1 aromatic rings. The molecule has 0 saturated carbocycles. The Bertz CT molecular complexity index is 575. The number of epoxide rings is 1. The van der Waals surface area contributed by atoms with Crippen LogP contribution in [0.25, 0.3) is 0 Å². The van der Waals surface area contributed by atoms with Crippen molar-refractivity contribution in [2.24, 2.45) is 0 Å². The quantitative estimate of drug-likeness (QED) is 0.400. The summed E-state index contributed by atoms with van der Waals surface area (Å²) in [6, 6.07) is 9.93. The number of carbonyl (C=O) groups excluding carboxylic acids is 1. The van der Waals surface area contributed by atoms with Gasteiger partial charge in [0.25, 0.3) is 0 Å². The van der Waals surface area contributed by atoms with E-state index in [0.29, 0.717) is 13.2 Å². The first-order valence-corrected chi connectivity index (χ1v) is 11.5. The zero-order valence-corrected chi connectivity index (χ0v) is 17.1. The normalized spacial score (nSPS) is 21.7. The number of hydrogen-bond donors (Lipinski definition) is 0. The van der Waals surface area contributed by atoms with Crippen LogP contribution in [0, 0.1) is 0 Å². The maximum Gasteiger partial charge on any atom is 0.343 e. The summed E-state index contributed by atoms with van der Waals surface area (Å²) < 4.78 is 22.8. The van der Waals surface area contributed by atoms with Crippen molar-refractivity contribution >= 4 is 14.3 Å². The van der Waals surface area contributed by atoms with Gasteiger partial charge >= 0.3 is 5.97 Å². The standard InChI is InChI=1S/C19H30O5Si/c1-18(2,3)25(5,6)24-16(19(14-23-19)17(20)21-4)13-22-12-15-10-8-7-9-11-15/h7-11,16H,12-14H2,1-6H3/t16-,19+/m0/s1. The fourth-order valence-electron chi connectivity index (χ4n) is 2.34. The molecule has 2 atom stereocenters. The summed E-state index contributed by atoms with van der Waals surface area (Å²) in [4.78, 5) is 12.2. The summed E-state index contributed by atoms with van der Waals surface area (Å²) in [6.45, 7) is 11.9. The van der Waals surface area contributed by atoms with Crippen LogP contribution in [-0.2, 0) is 30.0 Å². The molecule has 0 N–H and O–H groups in total. The van der Waals surface area contributed by atoms with E-state index in [1.165, 1.54) is 7.11 Å². The summed E-state index contributed by atoms with van der Waals surface area (Å²) >= 11 is 0. The Labute approximate surface area is 151 Å². The molecule has 0 aromatic heterocycles. The summed E-state index contributed by atoms with van der Waals surface area (Å²) in [5.41, 5.74) is 0.0541. The zero-order chi connectivity index (χ0) is 18.7. The number of esters is 1. The van der Waals surface area contributed by atoms with Crippen molar-refractivity contribution in [3.05, 3.63) is 35.9 Å². The highest BCUT2D eigenvalue weighted by atomic mass is 28.4. The number of carbonyl (C=O) groups is 1. The molecule has 25 heavy (non-hydrogen) atoms. The second kappa shape index (κ2) is 7.58. The fourth-order valence-corrected chi connectivity index (χ4v) is 3.66. The summed E-state index contributed by atoms with van der Waals surface area (Å²) in [5, 5.41) is 0.0247. The van der Waals surface area contributed by atoms with Crippen LogP contribution in [0.4, 0.5) is 0 Å². The number of benzene rings is 1. The van der Waals surface area contributed by atoms with Gasteiger partial charge in [0.2, 0.25) is 5.60 Å². The van der Waals surface area contributed by atoms with Crippen LogP contribution in [0.2, 0.25) is 18.1 Å². The minimum atomic E-state index is -2.09. The molecule has 1 aromatic carbocycles. The van der Waals surface area contributed by atoms with Crippen molar-refractivity contribution < 1.29 is 23.4 Å². The van der Waals surface area contributed by atoms with E-state index in [-0.39, 0.29) is 17.6 Å². The first-order valence-electron chi connectivity index (χ1n) is 8.64. The van der Waals surface area contributed by atoms with E-state index in [0.717, 1.165) is 5.56 Å². The van der Waals surface area contributed by atoms with Gasteiger partial charge in [-0.25, -0.2) is 4.79 Å². The predicted octanol–water partition coefficient (Wildman–Crippen LogP) is 3.54. The Balaban J connectivity index is 2.09. The Morgan fingerprint density at radius 1 is 1.28 bits per heavy atom. The highest BCUT2D eigenvalue weighted by Gasteiger charge is 2.62. The van der Waals surface area contributed by atoms with Gasteiger partial charge in [0.15, 0.2) is 8.32 Å². The lowest BCUT2D eigenvalue weighted by molar-refractivity contribution is -0.153. The van der Waals surface area contributed by atoms with Crippen molar-refractivity contribution in [2.75, 3.05) is 20.3 Å². The third-order valence-electron chi connectivity index (χ3n) is 5.13. The molecule has 0 amide bonds. The van der Waals surface area contributed by atoms with Gasteiger partial charge < -0.3 is 18.6 Å². The van der Waals surface area contributed by atoms with E-state index >= 15 is 0 Å². The van der Waals surface area contributed by atoms with Gasteiger partial charge in [-0.3, -0.25) is 0 Å². The second-order valence-corrected chi connectivity index (χ2v) is 12.8. The molecular formula is C19H30O5Si. The Hall–Kier alpha value is -1.21. The molecule has 0 spiro atoms. The minimum Gasteiger partial charge on any atom is -0.467 e. The average molecular weight is 367 g/mol. The number of methoxy groups -OCH3 is 1. The van der Waals surface area contributed by atoms with E-state index < -0.39 is 20.0 Å². The van der Waals surface area contributed by atoms with Crippen LogP contribution in [0.15, 0.2) is 30.3 Å². The van der Waals surface area contributed by atoms with Crippen LogP contribution in [0.1, 0.15) is 26.3 Å². The minimum absolute atomic E-state index is 0.0247. The number of hydrogen-bond acceptors (Lipinski definition) is 5. The lowest BCUT2D eigenvalue weighted by Gasteiger charge is -2.40. The molecule has 1 heterocycles. The Morgan fingerprint density at radius 3 is 2.36 bits per heavy atom. The highest BCUT2D eigenvalue weighted by molar-refractivity contribution is 6.74. The third-order valence-corrected chi connectivity index (χ3v) is 9.62. The molecule has 2 rings (SSSR count). The first kappa shape index (κ1) is 20.1. The second-order valence-electron chi connectivity index (χ2n) is 8.04. The fraction of sp³-hybridized carbons (Fsp3) is 0.632. The molecule has 0 unspecified atom stereocenters. The lowest BCUT2D eigenvalue weighted by atomic mass is 10.1. The molecule has 1 aliphatic heterocycles. The summed E-state index contributed by atoms with van der Waals surface area (Å²) in [7, 11) is -0.718. The van der Waals surface area contributed by atoms with Crippen LogP contribution in [0.5, 0.6) is 0 Å². The van der Waals surface area contributed by atoms with Crippen molar-refractivity contribution in [1.82, 2.24) is 0 Å². The summed E-state index contributed by atoms with van der Waals surface area (Å²) in [5.74, 6) is -0.389. The van der Waals surface area contributed by atoms with Crippen molar-refractivity contribution in [2.45, 2.75) is 57.2 Å². The molecule has 0 radical (unpaired) electrons. The first-order chi connectivity index (χ1) is 11.6. The molecule has 1 saturated heterocycles. The van der Waals surface area contributed by atoms with E-state index in [1.54, 1.807) is 0 Å². The van der Waals surface area contributed by atoms with E-state index in [2.05, 4.69) is 33.9 Å². The lowest BCUT2D eigenvalue weighted by Crippen LogP contribution is -2.52. The van der Waals surface area contributed by atoms with Crippen LogP contribution in [-0.4, -0.2) is 46.3 Å². The zero-order valence-electron chi connectivity index (χ0n) is 16.1. The SMILES string of the molecule is COC(=O)[C@]1([C@H](COCc2ccccc2)O[Si](C)(C)C(C)(C)C)CO1. The molecule has 140 valence electrons. The molecular weight excluding hydrogens is 336 g/mol. The van der Waals surface area contributed by atoms with E-state index in [1.807, 2.05) is 30.3 Å². The third kappa shape index (κ3) is 4.70. The average Bonchev–Trinajstić information content (AvgIpc) is 3.35. The number of ether oxygens (including phenoxy) is 3. The number of rotatable bonds is 8. The molecule has 1 aliphatic rings. The van der Waals surface area contributed by atoms with Crippen molar-refractivity contribution in [1.29, 1.82) is 0 Å². The van der Waals surface area contributed by atoms with Crippen LogP contribution < -0.4 is 0 Å². The largest absolute Gasteiger partial charge is 0.467 e. The Morgan fingerprint density at radius 2 is 1.88 bits per heavy atom. The van der Waals surface area contributed by atoms with E-state index in [4.69, 9.17) is 18.6 Å². The van der Waals surface area contributed by atoms with Gasteiger partial charge in [-0.2, -0.15) is 0 Å². The van der Waals surface area contributed by atoms with Gasteiger partial charge in [0.05, 0.1) is 26.9 Å². The monoisotopic (exact) mass is 366 g/mol. The van der Waals surface area contributed by atoms with Crippen LogP contribution in [0.3, 0.4) is 0 Å². The van der Waals surface area contributed by atoms with Gasteiger partial charge in [0.1, 0.15) is 6.10 Å². The smallest absolute Gasteiger partial charge is 0.343 e. The topological polar surface area (TPSA) is 57.3 Å². The maximum absolute atomic E-state index is 12.2. The molecule has 5 nitrogen and oxygen atoms in total. The van der Waals surface area contributed by atoms with Gasteiger partial charge in [-0.1, -0.05) is 51.1 Å². The van der Waals surface area contributed by atoms with Gasteiger partial charge in [0, 0.05) is 0 Å². The van der Waals surface area contributed by atoms with Gasteiger partial charge in [-0.15, -0.1) is 0 Å². The predicted molar refractivity (Wildman–Crippen MR) is 98.9 cm³/mol. The van der Waals surface area contributed by atoms with Gasteiger partial charge in [-0.05, 0) is 23.7 Å². The summed E-state index contributed by atoms with van der Waals surface area (Å²) in [6.07, 6.45) is -0.468. The van der Waals surface area contributed by atoms with Crippen LogP contribution >= 0.6 is 0 Å². The molecule has 0 bridgehead atoms. The molecule has 6 heteroatoms. The highest BCUT2D eigenvalue weighted by Crippen LogP contribution is 2.42.